The molecule has 1 aromatic heterocycles. The lowest BCUT2D eigenvalue weighted by Crippen LogP contribution is -2.48. The molecular formula is C26H29N5O3S2. The van der Waals surface area contributed by atoms with Crippen molar-refractivity contribution >= 4 is 52.2 Å². The molecule has 2 N–H and O–H groups in total. The lowest BCUT2D eigenvalue weighted by Gasteiger charge is -2.34. The van der Waals surface area contributed by atoms with Crippen LogP contribution in [0.1, 0.15) is 18.2 Å². The Morgan fingerprint density at radius 2 is 1.61 bits per heavy atom. The second kappa shape index (κ2) is 12.7. The second-order valence-electron chi connectivity index (χ2n) is 8.52. The Kier molecular flexibility index (Phi) is 9.10. The van der Waals surface area contributed by atoms with E-state index in [1.807, 2.05) is 16.3 Å². The summed E-state index contributed by atoms with van der Waals surface area (Å²) in [5.41, 5.74) is 3.37. The van der Waals surface area contributed by atoms with Crippen LogP contribution in [0, 0.1) is 0 Å². The molecule has 188 valence electrons. The zero-order chi connectivity index (χ0) is 25.3. The van der Waals surface area contributed by atoms with Gasteiger partial charge in [-0.3, -0.25) is 19.3 Å². The molecule has 0 atom stereocenters. The number of thioether (sulfide) groups is 1. The predicted molar refractivity (Wildman–Crippen MR) is 144 cm³/mol. The number of carbonyl (C=O) groups is 3. The Bertz CT molecular complexity index is 1180. The van der Waals surface area contributed by atoms with Crippen LogP contribution in [0.5, 0.6) is 0 Å². The minimum Gasteiger partial charge on any atom is -0.340 e. The Morgan fingerprint density at radius 3 is 2.28 bits per heavy atom. The molecule has 0 aliphatic carbocycles. The summed E-state index contributed by atoms with van der Waals surface area (Å²) >= 11 is 2.80. The van der Waals surface area contributed by atoms with Crippen molar-refractivity contribution in [3.8, 4) is 0 Å². The zero-order valence-corrected chi connectivity index (χ0v) is 21.7. The monoisotopic (exact) mass is 523 g/mol. The van der Waals surface area contributed by atoms with E-state index in [2.05, 4.69) is 44.8 Å². The molecule has 2 aromatic carbocycles. The summed E-state index contributed by atoms with van der Waals surface area (Å²) in [6.07, 6.45) is 0.280. The largest absolute Gasteiger partial charge is 0.340 e. The highest BCUT2D eigenvalue weighted by molar-refractivity contribution is 8.01. The van der Waals surface area contributed by atoms with Gasteiger partial charge < -0.3 is 15.5 Å². The first-order chi connectivity index (χ1) is 17.4. The molecule has 3 aromatic rings. The zero-order valence-electron chi connectivity index (χ0n) is 20.1. The molecule has 8 nitrogen and oxygen atoms in total. The van der Waals surface area contributed by atoms with E-state index in [1.165, 1.54) is 35.6 Å². The Hall–Kier alpha value is -3.21. The van der Waals surface area contributed by atoms with Gasteiger partial charge in [-0.25, -0.2) is 4.98 Å². The minimum atomic E-state index is -0.145. The van der Waals surface area contributed by atoms with Gasteiger partial charge >= 0.3 is 0 Å². The molecule has 1 saturated heterocycles. The van der Waals surface area contributed by atoms with Gasteiger partial charge in [0.1, 0.15) is 0 Å². The van der Waals surface area contributed by atoms with Gasteiger partial charge in [0.15, 0.2) is 4.34 Å². The number of hydrogen-bond acceptors (Lipinski definition) is 7. The highest BCUT2D eigenvalue weighted by Gasteiger charge is 2.22. The number of amides is 3. The van der Waals surface area contributed by atoms with Crippen molar-refractivity contribution in [2.75, 3.05) is 42.6 Å². The molecule has 3 amide bonds. The first-order valence-electron chi connectivity index (χ1n) is 11.7. The molecule has 0 unspecified atom stereocenters. The van der Waals surface area contributed by atoms with Crippen LogP contribution in [0.25, 0.3) is 0 Å². The Balaban J connectivity index is 1.17. The molecule has 0 saturated carbocycles. The number of nitrogens with one attached hydrogen (secondary N) is 2. The lowest BCUT2D eigenvalue weighted by atomic mass is 10.2. The van der Waals surface area contributed by atoms with Gasteiger partial charge in [-0.1, -0.05) is 42.1 Å². The number of rotatable bonds is 9. The fourth-order valence-corrected chi connectivity index (χ4v) is 5.51. The average molecular weight is 524 g/mol. The minimum absolute atomic E-state index is 0.0941. The standard InChI is InChI=1S/C26H29N5O3S2/c1-19(32)27-21-7-9-22(10-8-21)28-24(33)18-36-26-29-23(17-35-26)15-25(34)31-13-11-30(12-14-31)16-20-5-3-2-4-6-20/h2-10,17H,11-16,18H2,1H3,(H,27,32)(H,28,33). The van der Waals surface area contributed by atoms with E-state index in [1.54, 1.807) is 24.3 Å². The molecule has 10 heteroatoms. The molecule has 1 aliphatic rings. The van der Waals surface area contributed by atoms with Crippen molar-refractivity contribution in [1.29, 1.82) is 0 Å². The fraction of sp³-hybridized carbons (Fsp3) is 0.308. The van der Waals surface area contributed by atoms with E-state index in [0.717, 1.165) is 42.8 Å². The van der Waals surface area contributed by atoms with E-state index in [0.29, 0.717) is 11.4 Å². The van der Waals surface area contributed by atoms with Crippen molar-refractivity contribution in [3.05, 3.63) is 71.2 Å². The van der Waals surface area contributed by atoms with E-state index < -0.39 is 0 Å². The first-order valence-corrected chi connectivity index (χ1v) is 13.6. The van der Waals surface area contributed by atoms with Gasteiger partial charge in [-0.2, -0.15) is 0 Å². The summed E-state index contributed by atoms with van der Waals surface area (Å²) < 4.78 is 0.765. The van der Waals surface area contributed by atoms with Crippen LogP contribution in [-0.4, -0.2) is 64.4 Å². The number of hydrogen-bond donors (Lipinski definition) is 2. The van der Waals surface area contributed by atoms with Crippen molar-refractivity contribution in [1.82, 2.24) is 14.8 Å². The first kappa shape index (κ1) is 25.9. The third-order valence-electron chi connectivity index (χ3n) is 5.65. The number of carbonyl (C=O) groups excluding carboxylic acids is 3. The third-order valence-corrected chi connectivity index (χ3v) is 7.72. The van der Waals surface area contributed by atoms with Gasteiger partial charge in [0.2, 0.25) is 17.7 Å². The molecule has 1 fully saturated rings. The molecule has 0 bridgehead atoms. The predicted octanol–water partition coefficient (Wildman–Crippen LogP) is 3.72. The summed E-state index contributed by atoms with van der Waals surface area (Å²) in [7, 11) is 0. The average Bonchev–Trinajstić information content (AvgIpc) is 3.32. The smallest absolute Gasteiger partial charge is 0.234 e. The maximum absolute atomic E-state index is 12.8. The third kappa shape index (κ3) is 7.91. The van der Waals surface area contributed by atoms with Crippen molar-refractivity contribution in [2.45, 2.75) is 24.2 Å². The van der Waals surface area contributed by atoms with Crippen LogP contribution >= 0.6 is 23.1 Å². The maximum atomic E-state index is 12.8. The Labute approximate surface area is 219 Å². The maximum Gasteiger partial charge on any atom is 0.234 e. The van der Waals surface area contributed by atoms with E-state index in [9.17, 15) is 14.4 Å². The van der Waals surface area contributed by atoms with Gasteiger partial charge in [0.25, 0.3) is 0 Å². The number of benzene rings is 2. The molecule has 0 radical (unpaired) electrons. The van der Waals surface area contributed by atoms with Crippen molar-refractivity contribution in [3.63, 3.8) is 0 Å². The SMILES string of the molecule is CC(=O)Nc1ccc(NC(=O)CSc2nc(CC(=O)N3CCN(Cc4ccccc4)CC3)cs2)cc1. The lowest BCUT2D eigenvalue weighted by molar-refractivity contribution is -0.132. The summed E-state index contributed by atoms with van der Waals surface area (Å²) in [5.74, 6) is 0.0248. The summed E-state index contributed by atoms with van der Waals surface area (Å²) in [5, 5.41) is 7.41. The summed E-state index contributed by atoms with van der Waals surface area (Å²) in [6, 6.07) is 17.3. The van der Waals surface area contributed by atoms with Gasteiger partial charge in [-0.15, -0.1) is 11.3 Å². The molecule has 2 heterocycles. The van der Waals surface area contributed by atoms with Gasteiger partial charge in [0.05, 0.1) is 17.9 Å². The normalized spacial score (nSPS) is 13.9. The molecule has 36 heavy (non-hydrogen) atoms. The highest BCUT2D eigenvalue weighted by atomic mass is 32.2. The number of aromatic nitrogens is 1. The quantitative estimate of drug-likeness (QED) is 0.415. The van der Waals surface area contributed by atoms with Crippen molar-refractivity contribution in [2.24, 2.45) is 0 Å². The van der Waals surface area contributed by atoms with Crippen LogP contribution in [-0.2, 0) is 27.3 Å². The van der Waals surface area contributed by atoms with Crippen LogP contribution in [0.15, 0.2) is 64.3 Å². The fourth-order valence-electron chi connectivity index (χ4n) is 3.86. The highest BCUT2D eigenvalue weighted by Crippen LogP contribution is 2.24. The Morgan fingerprint density at radius 1 is 0.944 bits per heavy atom. The number of nitrogens with zero attached hydrogens (tertiary/aromatic N) is 3. The number of thiazole rings is 1. The van der Waals surface area contributed by atoms with Gasteiger partial charge in [-0.05, 0) is 29.8 Å². The van der Waals surface area contributed by atoms with E-state index >= 15 is 0 Å². The molecule has 1 aliphatic heterocycles. The van der Waals surface area contributed by atoms with Gasteiger partial charge in [0, 0.05) is 56.4 Å². The van der Waals surface area contributed by atoms with Crippen molar-refractivity contribution < 1.29 is 14.4 Å². The summed E-state index contributed by atoms with van der Waals surface area (Å²) in [6.45, 7) is 5.53. The molecular weight excluding hydrogens is 494 g/mol. The topological polar surface area (TPSA) is 94.6 Å². The van der Waals surface area contributed by atoms with E-state index in [-0.39, 0.29) is 29.9 Å². The molecule has 0 spiro atoms. The van der Waals surface area contributed by atoms with Crippen LogP contribution < -0.4 is 10.6 Å². The van der Waals surface area contributed by atoms with E-state index in [4.69, 9.17) is 0 Å². The molecule has 4 rings (SSSR count). The van der Waals surface area contributed by atoms with Crippen LogP contribution in [0.4, 0.5) is 11.4 Å². The van der Waals surface area contributed by atoms with Crippen LogP contribution in [0.3, 0.4) is 0 Å². The number of anilines is 2. The second-order valence-corrected chi connectivity index (χ2v) is 10.6. The van der Waals surface area contributed by atoms with Crippen LogP contribution in [0.2, 0.25) is 0 Å². The summed E-state index contributed by atoms with van der Waals surface area (Å²) in [4.78, 5) is 45.0. The number of piperazine rings is 1.